The zero-order valence-corrected chi connectivity index (χ0v) is 10.7. The molecule has 1 aromatic rings. The molecule has 0 aliphatic carbocycles. The highest BCUT2D eigenvalue weighted by Crippen LogP contribution is 2.33. The number of hydrogen-bond acceptors (Lipinski definition) is 5. The Morgan fingerprint density at radius 3 is 2.83 bits per heavy atom. The third kappa shape index (κ3) is 2.19. The maximum absolute atomic E-state index is 11.5. The summed E-state index contributed by atoms with van der Waals surface area (Å²) in [5.74, 6) is -0.783. The van der Waals surface area contributed by atoms with E-state index < -0.39 is 23.8 Å². The predicted octanol–water partition coefficient (Wildman–Crippen LogP) is 0.249. The minimum absolute atomic E-state index is 0.0956. The number of H-pyrrole nitrogens is 1. The first-order valence-corrected chi connectivity index (χ1v) is 5.93. The summed E-state index contributed by atoms with van der Waals surface area (Å²) in [5, 5.41) is 19.5. The van der Waals surface area contributed by atoms with E-state index >= 15 is 0 Å². The summed E-state index contributed by atoms with van der Waals surface area (Å²) in [7, 11) is 0. The van der Waals surface area contributed by atoms with E-state index in [1.54, 1.807) is 6.33 Å². The summed E-state index contributed by atoms with van der Waals surface area (Å²) >= 11 is 0. The number of ketones is 1. The number of nitrogens with zero attached hydrogens (tertiary/aromatic N) is 1. The fourth-order valence-corrected chi connectivity index (χ4v) is 2.35. The largest absolute Gasteiger partial charge is 0.382 e. The average Bonchev–Trinajstić information content (AvgIpc) is 2.70. The number of aryl methyl sites for hydroxylation is 1. The molecule has 1 saturated heterocycles. The van der Waals surface area contributed by atoms with Crippen LogP contribution in [-0.4, -0.2) is 44.0 Å². The molecule has 0 amide bonds. The Kier molecular flexibility index (Phi) is 3.27. The van der Waals surface area contributed by atoms with E-state index in [1.807, 2.05) is 13.8 Å². The average molecular weight is 254 g/mol. The van der Waals surface area contributed by atoms with Crippen molar-refractivity contribution in [3.8, 4) is 0 Å². The van der Waals surface area contributed by atoms with Gasteiger partial charge in [-0.3, -0.25) is 4.79 Å². The first-order valence-electron chi connectivity index (χ1n) is 5.93. The summed E-state index contributed by atoms with van der Waals surface area (Å²) in [6.45, 7) is 5.18. The van der Waals surface area contributed by atoms with E-state index in [2.05, 4.69) is 9.97 Å². The van der Waals surface area contributed by atoms with Crippen molar-refractivity contribution >= 4 is 5.78 Å². The van der Waals surface area contributed by atoms with Crippen molar-refractivity contribution in [1.29, 1.82) is 0 Å². The molecule has 0 spiro atoms. The zero-order valence-electron chi connectivity index (χ0n) is 10.7. The molecule has 0 radical (unpaired) electrons. The smallest absolute Gasteiger partial charge is 0.219 e. The lowest BCUT2D eigenvalue weighted by atomic mass is 9.84. The maximum atomic E-state index is 11.5. The van der Waals surface area contributed by atoms with Crippen LogP contribution in [0.2, 0.25) is 0 Å². The molecule has 3 N–H and O–H groups in total. The maximum Gasteiger partial charge on any atom is 0.219 e. The molecule has 0 aromatic carbocycles. The second kappa shape index (κ2) is 4.46. The van der Waals surface area contributed by atoms with E-state index in [0.29, 0.717) is 0 Å². The van der Waals surface area contributed by atoms with E-state index in [4.69, 9.17) is 4.74 Å². The van der Waals surface area contributed by atoms with Gasteiger partial charge < -0.3 is 19.9 Å². The van der Waals surface area contributed by atoms with Crippen molar-refractivity contribution in [2.45, 2.75) is 51.1 Å². The molecule has 1 unspecified atom stereocenters. The number of nitrogens with one attached hydrogen (secondary N) is 1. The lowest BCUT2D eigenvalue weighted by molar-refractivity contribution is -0.211. The monoisotopic (exact) mass is 254 g/mol. The highest BCUT2D eigenvalue weighted by atomic mass is 16.6. The molecule has 6 nitrogen and oxygen atoms in total. The Hall–Kier alpha value is -1.24. The normalized spacial score (nSPS) is 34.6. The van der Waals surface area contributed by atoms with Gasteiger partial charge in [-0.05, 0) is 13.8 Å². The molecule has 1 aromatic heterocycles. The quantitative estimate of drug-likeness (QED) is 0.703. The fourth-order valence-electron chi connectivity index (χ4n) is 2.35. The molecule has 0 saturated carbocycles. The van der Waals surface area contributed by atoms with E-state index in [0.717, 1.165) is 11.4 Å². The topological polar surface area (TPSA) is 95.4 Å². The third-order valence-electron chi connectivity index (χ3n) is 3.54. The standard InChI is InChI=1S/C12H18N2O4/c1-6(9-7(2)13-5-14-9)8-4-12(3,17)10(15)11(16)18-8/h5-6,8,11,16-17H,4H2,1-3H3,(H,13,14)/t6-,8?,11+,12+/m1/s1. The predicted molar refractivity (Wildman–Crippen MR) is 62.9 cm³/mol. The first-order chi connectivity index (χ1) is 8.33. The minimum atomic E-state index is -1.57. The van der Waals surface area contributed by atoms with Crippen LogP contribution in [0.3, 0.4) is 0 Å². The molecule has 0 bridgehead atoms. The molecule has 2 heterocycles. The number of aromatic nitrogens is 2. The summed E-state index contributed by atoms with van der Waals surface area (Å²) in [6.07, 6.45) is -0.261. The van der Waals surface area contributed by atoms with E-state index in [9.17, 15) is 15.0 Å². The van der Waals surface area contributed by atoms with E-state index in [-0.39, 0.29) is 12.3 Å². The Bertz CT molecular complexity index is 455. The van der Waals surface area contributed by atoms with Crippen LogP contribution in [0.25, 0.3) is 0 Å². The van der Waals surface area contributed by atoms with Crippen molar-refractivity contribution < 1.29 is 19.7 Å². The van der Waals surface area contributed by atoms with Gasteiger partial charge in [0.1, 0.15) is 5.60 Å². The molecule has 1 aliphatic heterocycles. The second-order valence-electron chi connectivity index (χ2n) is 5.06. The molecule has 4 atom stereocenters. The molecular weight excluding hydrogens is 236 g/mol. The molecule has 1 aliphatic rings. The van der Waals surface area contributed by atoms with Gasteiger partial charge in [0.05, 0.1) is 18.1 Å². The first kappa shape index (κ1) is 13.2. The number of imidazole rings is 1. The molecule has 2 rings (SSSR count). The number of carbonyl (C=O) groups excluding carboxylic acids is 1. The van der Waals surface area contributed by atoms with Crippen molar-refractivity contribution in [2.24, 2.45) is 0 Å². The summed E-state index contributed by atoms with van der Waals surface area (Å²) < 4.78 is 5.27. The van der Waals surface area contributed by atoms with Gasteiger partial charge >= 0.3 is 0 Å². The second-order valence-corrected chi connectivity index (χ2v) is 5.06. The molecule has 1 fully saturated rings. The fraction of sp³-hybridized carbons (Fsp3) is 0.667. The number of ether oxygens (including phenoxy) is 1. The van der Waals surface area contributed by atoms with Gasteiger partial charge in [0.2, 0.25) is 12.1 Å². The van der Waals surface area contributed by atoms with Gasteiger partial charge in [0.25, 0.3) is 0 Å². The van der Waals surface area contributed by atoms with Gasteiger partial charge in [0.15, 0.2) is 0 Å². The summed E-state index contributed by atoms with van der Waals surface area (Å²) in [4.78, 5) is 18.6. The molecule has 100 valence electrons. The molecule has 18 heavy (non-hydrogen) atoms. The van der Waals surface area contributed by atoms with Crippen LogP contribution in [0.1, 0.15) is 37.6 Å². The lowest BCUT2D eigenvalue weighted by Gasteiger charge is -2.38. The lowest BCUT2D eigenvalue weighted by Crippen LogP contribution is -2.53. The summed E-state index contributed by atoms with van der Waals surface area (Å²) in [5.41, 5.74) is 0.180. The van der Waals surface area contributed by atoms with Crippen LogP contribution in [0.15, 0.2) is 6.33 Å². The SMILES string of the molecule is Cc1nc[nH]c1[C@H](C)C1C[C@](C)(O)C(=O)[C@@H](O)O1. The summed E-state index contributed by atoms with van der Waals surface area (Å²) in [6, 6.07) is 0. The molecular formula is C12H18N2O4. The molecule has 6 heteroatoms. The van der Waals surface area contributed by atoms with Crippen molar-refractivity contribution in [3.05, 3.63) is 17.7 Å². The minimum Gasteiger partial charge on any atom is -0.382 e. The van der Waals surface area contributed by atoms with Crippen LogP contribution in [0, 0.1) is 6.92 Å². The Labute approximate surface area is 105 Å². The van der Waals surface area contributed by atoms with Crippen molar-refractivity contribution in [3.63, 3.8) is 0 Å². The number of rotatable bonds is 2. The van der Waals surface area contributed by atoms with Crippen LogP contribution in [-0.2, 0) is 9.53 Å². The number of Topliss-reactive ketones (excluding diaryl/α,β-unsaturated/α-hetero) is 1. The Morgan fingerprint density at radius 1 is 1.67 bits per heavy atom. The van der Waals surface area contributed by atoms with Crippen molar-refractivity contribution in [1.82, 2.24) is 9.97 Å². The highest BCUT2D eigenvalue weighted by molar-refractivity contribution is 5.90. The van der Waals surface area contributed by atoms with Gasteiger partial charge in [0, 0.05) is 18.0 Å². The van der Waals surface area contributed by atoms with Crippen LogP contribution in [0.4, 0.5) is 0 Å². The van der Waals surface area contributed by atoms with Crippen LogP contribution >= 0.6 is 0 Å². The van der Waals surface area contributed by atoms with Crippen LogP contribution in [0.5, 0.6) is 0 Å². The Morgan fingerprint density at radius 2 is 2.33 bits per heavy atom. The number of aliphatic hydroxyl groups is 2. The van der Waals surface area contributed by atoms with E-state index in [1.165, 1.54) is 6.92 Å². The number of carbonyl (C=O) groups is 1. The van der Waals surface area contributed by atoms with Crippen LogP contribution < -0.4 is 0 Å². The number of aromatic amines is 1. The highest BCUT2D eigenvalue weighted by Gasteiger charge is 2.46. The van der Waals surface area contributed by atoms with Crippen molar-refractivity contribution in [2.75, 3.05) is 0 Å². The van der Waals surface area contributed by atoms with Gasteiger partial charge in [-0.1, -0.05) is 6.92 Å². The number of hydrogen-bond donors (Lipinski definition) is 3. The van der Waals surface area contributed by atoms with Gasteiger partial charge in [-0.2, -0.15) is 0 Å². The van der Waals surface area contributed by atoms with Gasteiger partial charge in [-0.25, -0.2) is 4.98 Å². The zero-order chi connectivity index (χ0) is 13.5. The van der Waals surface area contributed by atoms with Gasteiger partial charge in [-0.15, -0.1) is 0 Å². The Balaban J connectivity index is 2.20. The third-order valence-corrected chi connectivity index (χ3v) is 3.54. The number of aliphatic hydroxyl groups excluding tert-OH is 1.